The van der Waals surface area contributed by atoms with Crippen LogP contribution < -0.4 is 14.8 Å². The number of fused-ring (bicyclic) bond motifs is 1. The Hall–Kier alpha value is -2.34. The Morgan fingerprint density at radius 1 is 1.08 bits per heavy atom. The van der Waals surface area contributed by atoms with Gasteiger partial charge in [0, 0.05) is 17.8 Å². The number of nitrogens with zero attached hydrogens (tertiary/aromatic N) is 2. The highest BCUT2D eigenvalue weighted by molar-refractivity contribution is 7.18. The highest BCUT2D eigenvalue weighted by Gasteiger charge is 2.10. The Morgan fingerprint density at radius 3 is 2.62 bits per heavy atom. The molecule has 0 fully saturated rings. The van der Waals surface area contributed by atoms with Crippen LogP contribution in [0.3, 0.4) is 0 Å². The number of aromatic nitrogens is 2. The summed E-state index contributed by atoms with van der Waals surface area (Å²) in [6, 6.07) is 8.24. The molecule has 0 saturated heterocycles. The van der Waals surface area contributed by atoms with E-state index in [1.807, 2.05) is 12.1 Å². The van der Waals surface area contributed by atoms with Gasteiger partial charge in [0.25, 0.3) is 0 Å². The predicted molar refractivity (Wildman–Crippen MR) is 108 cm³/mol. The van der Waals surface area contributed by atoms with Gasteiger partial charge in [-0.1, -0.05) is 13.0 Å². The van der Waals surface area contributed by atoms with Gasteiger partial charge in [0.15, 0.2) is 11.5 Å². The van der Waals surface area contributed by atoms with Gasteiger partial charge in [-0.05, 0) is 43.5 Å². The standard InChI is InChI=1S/C20H25N3O2S/c1-5-18-22-19(15-11-13(2)26-20(15)23-18)21-10-6-7-14-8-9-16(24-3)17(12-14)25-4/h8-9,11-12H,5-7,10H2,1-4H3,(H,21,22,23). The second kappa shape index (κ2) is 8.36. The van der Waals surface area contributed by atoms with Crippen LogP contribution in [0.15, 0.2) is 24.3 Å². The maximum absolute atomic E-state index is 5.37. The Morgan fingerprint density at radius 2 is 1.88 bits per heavy atom. The van der Waals surface area contributed by atoms with Crippen LogP contribution in [0.5, 0.6) is 11.5 Å². The Labute approximate surface area is 158 Å². The van der Waals surface area contributed by atoms with E-state index in [1.54, 1.807) is 25.6 Å². The van der Waals surface area contributed by atoms with E-state index in [4.69, 9.17) is 9.47 Å². The molecule has 3 rings (SSSR count). The lowest BCUT2D eigenvalue weighted by Gasteiger charge is -2.10. The fraction of sp³-hybridized carbons (Fsp3) is 0.400. The predicted octanol–water partition coefficient (Wildman–Crippen LogP) is 4.62. The summed E-state index contributed by atoms with van der Waals surface area (Å²) < 4.78 is 10.7. The van der Waals surface area contributed by atoms with Crippen LogP contribution in [0.25, 0.3) is 10.2 Å². The Balaban J connectivity index is 1.64. The molecule has 26 heavy (non-hydrogen) atoms. The number of ether oxygens (including phenoxy) is 2. The van der Waals surface area contributed by atoms with Gasteiger partial charge in [0.2, 0.25) is 0 Å². The van der Waals surface area contributed by atoms with Crippen LogP contribution >= 0.6 is 11.3 Å². The average molecular weight is 372 g/mol. The summed E-state index contributed by atoms with van der Waals surface area (Å²) in [7, 11) is 3.32. The summed E-state index contributed by atoms with van der Waals surface area (Å²) in [5, 5.41) is 4.62. The van der Waals surface area contributed by atoms with E-state index in [2.05, 4.69) is 41.3 Å². The molecule has 3 aromatic rings. The molecule has 1 aromatic carbocycles. The largest absolute Gasteiger partial charge is 0.493 e. The van der Waals surface area contributed by atoms with Crippen LogP contribution in [-0.4, -0.2) is 30.7 Å². The molecule has 138 valence electrons. The molecule has 1 N–H and O–H groups in total. The first-order valence-corrected chi connectivity index (χ1v) is 9.68. The number of nitrogens with one attached hydrogen (secondary N) is 1. The van der Waals surface area contributed by atoms with Crippen molar-refractivity contribution in [1.29, 1.82) is 0 Å². The molecular formula is C20H25N3O2S. The second-order valence-corrected chi connectivity index (χ2v) is 7.37. The van der Waals surface area contributed by atoms with Crippen molar-refractivity contribution in [2.24, 2.45) is 0 Å². The fourth-order valence-electron chi connectivity index (χ4n) is 2.91. The highest BCUT2D eigenvalue weighted by Crippen LogP contribution is 2.29. The van der Waals surface area contributed by atoms with Crippen LogP contribution in [0.4, 0.5) is 5.82 Å². The molecule has 0 spiro atoms. The van der Waals surface area contributed by atoms with Gasteiger partial charge in [-0.25, -0.2) is 9.97 Å². The van der Waals surface area contributed by atoms with Crippen molar-refractivity contribution in [1.82, 2.24) is 9.97 Å². The third kappa shape index (κ3) is 4.07. The molecule has 6 heteroatoms. The number of thiophene rings is 1. The van der Waals surface area contributed by atoms with Gasteiger partial charge in [-0.3, -0.25) is 0 Å². The summed E-state index contributed by atoms with van der Waals surface area (Å²) in [4.78, 5) is 11.6. The second-order valence-electron chi connectivity index (χ2n) is 6.14. The first-order valence-electron chi connectivity index (χ1n) is 8.86. The van der Waals surface area contributed by atoms with E-state index in [9.17, 15) is 0 Å². The van der Waals surface area contributed by atoms with Crippen molar-refractivity contribution in [3.05, 3.63) is 40.5 Å². The first-order chi connectivity index (χ1) is 12.6. The molecule has 0 aliphatic rings. The van der Waals surface area contributed by atoms with Gasteiger partial charge in [0.1, 0.15) is 16.5 Å². The lowest BCUT2D eigenvalue weighted by atomic mass is 10.1. The summed E-state index contributed by atoms with van der Waals surface area (Å²) >= 11 is 1.72. The molecule has 0 amide bonds. The van der Waals surface area contributed by atoms with Crippen molar-refractivity contribution in [3.8, 4) is 11.5 Å². The van der Waals surface area contributed by atoms with Crippen LogP contribution in [0.1, 0.15) is 29.6 Å². The lowest BCUT2D eigenvalue weighted by molar-refractivity contribution is 0.354. The molecule has 2 aromatic heterocycles. The fourth-order valence-corrected chi connectivity index (χ4v) is 3.81. The number of methoxy groups -OCH3 is 2. The monoisotopic (exact) mass is 371 g/mol. The minimum Gasteiger partial charge on any atom is -0.493 e. The van der Waals surface area contributed by atoms with Gasteiger partial charge < -0.3 is 14.8 Å². The number of anilines is 1. The van der Waals surface area contributed by atoms with E-state index >= 15 is 0 Å². The van der Waals surface area contributed by atoms with Gasteiger partial charge in [0.05, 0.1) is 19.6 Å². The topological polar surface area (TPSA) is 56.3 Å². The third-order valence-corrected chi connectivity index (χ3v) is 5.21. The zero-order valence-corrected chi connectivity index (χ0v) is 16.6. The summed E-state index contributed by atoms with van der Waals surface area (Å²) in [6.45, 7) is 5.06. The van der Waals surface area contributed by atoms with Gasteiger partial charge in [-0.15, -0.1) is 11.3 Å². The number of hydrogen-bond acceptors (Lipinski definition) is 6. The van der Waals surface area contributed by atoms with E-state index in [1.165, 1.54) is 10.4 Å². The maximum Gasteiger partial charge on any atom is 0.160 e. The van der Waals surface area contributed by atoms with Crippen molar-refractivity contribution < 1.29 is 9.47 Å². The molecule has 0 atom stereocenters. The summed E-state index contributed by atoms with van der Waals surface area (Å²) in [5.41, 5.74) is 1.23. The van der Waals surface area contributed by atoms with E-state index in [0.717, 1.165) is 59.2 Å². The maximum atomic E-state index is 5.37. The van der Waals surface area contributed by atoms with Crippen molar-refractivity contribution in [2.75, 3.05) is 26.1 Å². The van der Waals surface area contributed by atoms with Crippen molar-refractivity contribution >= 4 is 27.4 Å². The molecular weight excluding hydrogens is 346 g/mol. The highest BCUT2D eigenvalue weighted by atomic mass is 32.1. The quantitative estimate of drug-likeness (QED) is 0.585. The molecule has 0 radical (unpaired) electrons. The number of benzene rings is 1. The van der Waals surface area contributed by atoms with E-state index in [0.29, 0.717) is 0 Å². The van der Waals surface area contributed by atoms with Crippen molar-refractivity contribution in [3.63, 3.8) is 0 Å². The SMILES string of the molecule is CCc1nc(NCCCc2ccc(OC)c(OC)c2)c2cc(C)sc2n1. The normalized spacial score (nSPS) is 10.9. The number of aryl methyl sites for hydroxylation is 3. The van der Waals surface area contributed by atoms with Gasteiger partial charge >= 0.3 is 0 Å². The molecule has 0 bridgehead atoms. The van der Waals surface area contributed by atoms with Gasteiger partial charge in [-0.2, -0.15) is 0 Å². The molecule has 0 saturated carbocycles. The number of hydrogen-bond donors (Lipinski definition) is 1. The number of rotatable bonds is 8. The lowest BCUT2D eigenvalue weighted by Crippen LogP contribution is -2.07. The molecule has 0 aliphatic heterocycles. The van der Waals surface area contributed by atoms with E-state index in [-0.39, 0.29) is 0 Å². The Bertz CT molecular complexity index is 892. The first kappa shape index (κ1) is 18.5. The summed E-state index contributed by atoms with van der Waals surface area (Å²) in [5.74, 6) is 3.37. The van der Waals surface area contributed by atoms with E-state index < -0.39 is 0 Å². The molecule has 5 nitrogen and oxygen atoms in total. The Kier molecular flexibility index (Phi) is 5.93. The minimum absolute atomic E-state index is 0.762. The van der Waals surface area contributed by atoms with Crippen LogP contribution in [0.2, 0.25) is 0 Å². The van der Waals surface area contributed by atoms with Crippen LogP contribution in [-0.2, 0) is 12.8 Å². The van der Waals surface area contributed by atoms with Crippen LogP contribution in [0, 0.1) is 6.92 Å². The summed E-state index contributed by atoms with van der Waals surface area (Å²) in [6.07, 6.45) is 2.81. The average Bonchev–Trinajstić information content (AvgIpc) is 3.04. The molecule has 2 heterocycles. The molecule has 0 aliphatic carbocycles. The molecule has 0 unspecified atom stereocenters. The van der Waals surface area contributed by atoms with Crippen molar-refractivity contribution in [2.45, 2.75) is 33.1 Å². The zero-order valence-electron chi connectivity index (χ0n) is 15.8. The zero-order chi connectivity index (χ0) is 18.5. The minimum atomic E-state index is 0.762. The third-order valence-electron chi connectivity index (χ3n) is 4.26. The smallest absolute Gasteiger partial charge is 0.160 e.